The largest absolute Gasteiger partial charge is 0.480 e. The van der Waals surface area contributed by atoms with E-state index in [4.69, 9.17) is 4.74 Å². The van der Waals surface area contributed by atoms with Crippen LogP contribution in [0, 0.1) is 5.92 Å². The third-order valence-electron chi connectivity index (χ3n) is 6.17. The van der Waals surface area contributed by atoms with Crippen molar-refractivity contribution in [3.8, 4) is 11.1 Å². The fraction of sp³-hybridized carbons (Fsp3) is 0.423. The monoisotopic (exact) mass is 484 g/mol. The van der Waals surface area contributed by atoms with Gasteiger partial charge in [0.25, 0.3) is 0 Å². The van der Waals surface area contributed by atoms with Crippen LogP contribution in [0.15, 0.2) is 48.5 Å². The minimum atomic E-state index is -1.03. The molecule has 1 unspecified atom stereocenters. The predicted molar refractivity (Wildman–Crippen MR) is 134 cm³/mol. The van der Waals surface area contributed by atoms with Gasteiger partial charge in [0.05, 0.1) is 0 Å². The van der Waals surface area contributed by atoms with Crippen LogP contribution in [-0.2, 0) is 14.3 Å². The number of carbonyl (C=O) groups is 3. The molecule has 182 valence electrons. The molecule has 0 aliphatic heterocycles. The molecule has 0 fully saturated rings. The third-order valence-corrected chi connectivity index (χ3v) is 6.82. The van der Waals surface area contributed by atoms with Gasteiger partial charge in [-0.25, -0.2) is 9.59 Å². The summed E-state index contributed by atoms with van der Waals surface area (Å²) >= 11 is 1.53. The lowest BCUT2D eigenvalue weighted by molar-refractivity contribution is -0.142. The number of rotatable bonds is 12. The van der Waals surface area contributed by atoms with Crippen LogP contribution in [0.5, 0.6) is 0 Å². The van der Waals surface area contributed by atoms with E-state index in [1.807, 2.05) is 37.4 Å². The molecule has 7 nitrogen and oxygen atoms in total. The van der Waals surface area contributed by atoms with Crippen molar-refractivity contribution < 1.29 is 24.2 Å². The van der Waals surface area contributed by atoms with E-state index >= 15 is 0 Å². The average molecular weight is 485 g/mol. The number of alkyl carbamates (subject to hydrolysis) is 1. The number of hydrogen-bond acceptors (Lipinski definition) is 5. The van der Waals surface area contributed by atoms with Crippen LogP contribution in [0.2, 0.25) is 0 Å². The van der Waals surface area contributed by atoms with Gasteiger partial charge < -0.3 is 20.5 Å². The number of ether oxygens (including phenoxy) is 1. The first-order valence-corrected chi connectivity index (χ1v) is 12.9. The summed E-state index contributed by atoms with van der Waals surface area (Å²) in [6, 6.07) is 15.4. The van der Waals surface area contributed by atoms with Gasteiger partial charge in [-0.3, -0.25) is 4.79 Å². The van der Waals surface area contributed by atoms with Crippen LogP contribution >= 0.6 is 11.8 Å². The number of hydrogen-bond donors (Lipinski definition) is 3. The highest BCUT2D eigenvalue weighted by Crippen LogP contribution is 2.44. The van der Waals surface area contributed by atoms with Crippen molar-refractivity contribution in [2.45, 2.75) is 38.1 Å². The summed E-state index contributed by atoms with van der Waals surface area (Å²) in [7, 11) is 0. The summed E-state index contributed by atoms with van der Waals surface area (Å²) in [5.74, 6) is -0.838. The molecular weight excluding hydrogens is 452 g/mol. The highest BCUT2D eigenvalue weighted by atomic mass is 32.2. The van der Waals surface area contributed by atoms with Crippen LogP contribution in [0.25, 0.3) is 11.1 Å². The number of thioether (sulfide) groups is 1. The lowest BCUT2D eigenvalue weighted by Gasteiger charge is -2.19. The standard InChI is InChI=1S/C26H32N2O5S/c1-3-17(14-24(29)28-23(25(30)31)12-13-34-2)15-27-26(32)33-16-22-20-10-6-4-8-18(20)19-9-5-7-11-21(19)22/h4-11,17,22-23H,3,12-16H2,1-2H3,(H,27,32)(H,28,29)(H,30,31)/t17?,23-/m1/s1. The van der Waals surface area contributed by atoms with Crippen LogP contribution in [0.4, 0.5) is 4.79 Å². The van der Waals surface area contributed by atoms with Gasteiger partial charge in [0.2, 0.25) is 5.91 Å². The molecule has 2 amide bonds. The normalized spacial score (nSPS) is 13.9. The number of carboxylic acid groups (broad SMARTS) is 1. The van der Waals surface area contributed by atoms with Crippen molar-refractivity contribution >= 4 is 29.7 Å². The molecule has 1 aliphatic carbocycles. The Balaban J connectivity index is 1.49. The van der Waals surface area contributed by atoms with E-state index in [0.717, 1.165) is 11.1 Å². The van der Waals surface area contributed by atoms with Gasteiger partial charge in [-0.15, -0.1) is 0 Å². The van der Waals surface area contributed by atoms with E-state index in [-0.39, 0.29) is 37.3 Å². The molecule has 2 aromatic rings. The van der Waals surface area contributed by atoms with Gasteiger partial charge in [0.15, 0.2) is 0 Å². The molecule has 0 saturated heterocycles. The van der Waals surface area contributed by atoms with Gasteiger partial charge in [-0.2, -0.15) is 11.8 Å². The summed E-state index contributed by atoms with van der Waals surface area (Å²) in [6.45, 7) is 2.44. The summed E-state index contributed by atoms with van der Waals surface area (Å²) in [4.78, 5) is 36.1. The maximum Gasteiger partial charge on any atom is 0.407 e. The average Bonchev–Trinajstić information content (AvgIpc) is 3.16. The molecular formula is C26H32N2O5S. The number of fused-ring (bicyclic) bond motifs is 3. The van der Waals surface area contributed by atoms with E-state index in [2.05, 4.69) is 34.9 Å². The fourth-order valence-corrected chi connectivity index (χ4v) is 4.72. The molecule has 0 aromatic heterocycles. The SMILES string of the molecule is CCC(CNC(=O)OCC1c2ccccc2-c2ccccc21)CC(=O)N[C@H](CCSC)C(=O)O. The predicted octanol–water partition coefficient (Wildman–Crippen LogP) is 4.26. The Labute approximate surface area is 204 Å². The summed E-state index contributed by atoms with van der Waals surface area (Å²) in [5.41, 5.74) is 4.63. The fourth-order valence-electron chi connectivity index (χ4n) is 4.25. The summed E-state index contributed by atoms with van der Waals surface area (Å²) in [6.07, 6.45) is 2.55. The maximum absolute atomic E-state index is 12.4. The number of amides is 2. The Hall–Kier alpha value is -3.00. The van der Waals surface area contributed by atoms with E-state index in [0.29, 0.717) is 18.6 Å². The molecule has 2 atom stereocenters. The van der Waals surface area contributed by atoms with Crippen LogP contribution in [0.1, 0.15) is 43.2 Å². The smallest absolute Gasteiger partial charge is 0.407 e. The van der Waals surface area contributed by atoms with E-state index in [1.54, 1.807) is 0 Å². The molecule has 0 saturated carbocycles. The first-order chi connectivity index (χ1) is 16.4. The summed E-state index contributed by atoms with van der Waals surface area (Å²) in [5, 5.41) is 14.6. The van der Waals surface area contributed by atoms with Crippen molar-refractivity contribution in [2.75, 3.05) is 25.2 Å². The molecule has 0 spiro atoms. The van der Waals surface area contributed by atoms with Crippen molar-refractivity contribution in [3.63, 3.8) is 0 Å². The van der Waals surface area contributed by atoms with Gasteiger partial charge in [0, 0.05) is 18.9 Å². The van der Waals surface area contributed by atoms with E-state index in [9.17, 15) is 19.5 Å². The Morgan fingerprint density at radius 2 is 1.68 bits per heavy atom. The zero-order valence-electron chi connectivity index (χ0n) is 19.6. The Morgan fingerprint density at radius 3 is 2.24 bits per heavy atom. The van der Waals surface area contributed by atoms with Gasteiger partial charge in [-0.05, 0) is 46.6 Å². The molecule has 2 aromatic carbocycles. The lowest BCUT2D eigenvalue weighted by atomic mass is 9.98. The Morgan fingerprint density at radius 1 is 1.06 bits per heavy atom. The van der Waals surface area contributed by atoms with Crippen molar-refractivity contribution in [3.05, 3.63) is 59.7 Å². The maximum atomic E-state index is 12.4. The second kappa shape index (κ2) is 12.5. The first-order valence-electron chi connectivity index (χ1n) is 11.5. The molecule has 0 radical (unpaired) electrons. The van der Waals surface area contributed by atoms with Crippen molar-refractivity contribution in [1.29, 1.82) is 0 Å². The molecule has 3 N–H and O–H groups in total. The highest BCUT2D eigenvalue weighted by Gasteiger charge is 2.29. The zero-order chi connectivity index (χ0) is 24.5. The zero-order valence-corrected chi connectivity index (χ0v) is 20.4. The minimum absolute atomic E-state index is 0.0138. The lowest BCUT2D eigenvalue weighted by Crippen LogP contribution is -2.42. The first kappa shape index (κ1) is 25.6. The van der Waals surface area contributed by atoms with Gasteiger partial charge >= 0.3 is 12.1 Å². The van der Waals surface area contributed by atoms with Crippen LogP contribution in [0.3, 0.4) is 0 Å². The number of carboxylic acids is 1. The highest BCUT2D eigenvalue weighted by molar-refractivity contribution is 7.98. The van der Waals surface area contributed by atoms with E-state index < -0.39 is 18.1 Å². The van der Waals surface area contributed by atoms with Crippen LogP contribution in [-0.4, -0.2) is 54.3 Å². The number of nitrogens with one attached hydrogen (secondary N) is 2. The van der Waals surface area contributed by atoms with E-state index in [1.165, 1.54) is 22.9 Å². The number of benzene rings is 2. The Bertz CT molecular complexity index is 967. The summed E-state index contributed by atoms with van der Waals surface area (Å²) < 4.78 is 5.55. The quantitative estimate of drug-likeness (QED) is 0.416. The molecule has 3 rings (SSSR count). The van der Waals surface area contributed by atoms with Gasteiger partial charge in [-0.1, -0.05) is 61.9 Å². The Kier molecular flexibility index (Phi) is 9.39. The molecule has 8 heteroatoms. The second-order valence-electron chi connectivity index (χ2n) is 8.42. The molecule has 0 bridgehead atoms. The third kappa shape index (κ3) is 6.53. The molecule has 34 heavy (non-hydrogen) atoms. The topological polar surface area (TPSA) is 105 Å². The number of aliphatic carboxylic acids is 1. The van der Waals surface area contributed by atoms with Crippen molar-refractivity contribution in [1.82, 2.24) is 10.6 Å². The molecule has 0 heterocycles. The minimum Gasteiger partial charge on any atom is -0.480 e. The number of carbonyl (C=O) groups excluding carboxylic acids is 2. The molecule has 1 aliphatic rings. The van der Waals surface area contributed by atoms with Gasteiger partial charge in [0.1, 0.15) is 12.6 Å². The second-order valence-corrected chi connectivity index (χ2v) is 9.41. The van der Waals surface area contributed by atoms with Crippen molar-refractivity contribution in [2.24, 2.45) is 5.92 Å². The van der Waals surface area contributed by atoms with Crippen LogP contribution < -0.4 is 10.6 Å².